The van der Waals surface area contributed by atoms with Gasteiger partial charge in [0, 0.05) is 5.56 Å². The van der Waals surface area contributed by atoms with Crippen molar-refractivity contribution in [2.45, 2.75) is 41.3 Å². The highest BCUT2D eigenvalue weighted by Crippen LogP contribution is 2.27. The smallest absolute Gasteiger partial charge is 0.129 e. The largest absolute Gasteiger partial charge is 0.508 e. The van der Waals surface area contributed by atoms with Gasteiger partial charge in [-0.1, -0.05) is 55.5 Å². The Kier molecular flexibility index (Phi) is 19.7. The molecule has 2 aromatic heterocycles. The van der Waals surface area contributed by atoms with Crippen LogP contribution in [-0.2, 0) is 35.9 Å². The van der Waals surface area contributed by atoms with E-state index >= 15 is 0 Å². The molecular weight excluding hydrogens is 511 g/mol. The first-order valence-electron chi connectivity index (χ1n) is 8.66. The highest BCUT2D eigenvalue weighted by molar-refractivity contribution is 14.1. The van der Waals surface area contributed by atoms with Crippen molar-refractivity contribution < 1.29 is 28.5 Å². The van der Waals surface area contributed by atoms with E-state index in [4.69, 9.17) is 29.8 Å². The van der Waals surface area contributed by atoms with Gasteiger partial charge < -0.3 is 28.5 Å². The molecular formula is C24H33IO6. The summed E-state index contributed by atoms with van der Waals surface area (Å²) in [6.07, 6.45) is 8.10. The second-order valence-corrected chi connectivity index (χ2v) is 5.42. The lowest BCUT2D eigenvalue weighted by molar-refractivity contribution is 0.133. The van der Waals surface area contributed by atoms with Crippen molar-refractivity contribution >= 4 is 22.6 Å². The first-order valence-corrected chi connectivity index (χ1v) is 10.8. The number of alkyl halides is 1. The van der Waals surface area contributed by atoms with E-state index in [9.17, 15) is 5.11 Å². The van der Waals surface area contributed by atoms with Gasteiger partial charge in [-0.05, 0) is 40.8 Å². The minimum atomic E-state index is -0.00694. The molecule has 6 nitrogen and oxygen atoms in total. The Morgan fingerprint density at radius 3 is 2.13 bits per heavy atom. The van der Waals surface area contributed by atoms with Crippen LogP contribution in [0.1, 0.15) is 37.5 Å². The summed E-state index contributed by atoms with van der Waals surface area (Å²) < 4.78 is 19.9. The molecule has 0 saturated heterocycles. The quantitative estimate of drug-likeness (QED) is 0.183. The van der Waals surface area contributed by atoms with Crippen LogP contribution < -0.4 is 0 Å². The zero-order chi connectivity index (χ0) is 21.3. The van der Waals surface area contributed by atoms with Gasteiger partial charge in [0.25, 0.3) is 0 Å². The van der Waals surface area contributed by atoms with E-state index < -0.39 is 0 Å². The molecule has 0 radical (unpaired) electrons. The van der Waals surface area contributed by atoms with Gasteiger partial charge in [0.1, 0.15) is 37.1 Å². The number of aliphatic hydroxyl groups is 1. The lowest BCUT2D eigenvalue weighted by Crippen LogP contribution is -1.90. The fourth-order valence-electron chi connectivity index (χ4n) is 2.19. The van der Waals surface area contributed by atoms with Gasteiger partial charge in [0.05, 0.1) is 25.7 Å². The van der Waals surface area contributed by atoms with Gasteiger partial charge in [-0.15, -0.1) is 6.42 Å². The van der Waals surface area contributed by atoms with Crippen LogP contribution >= 0.6 is 22.6 Å². The van der Waals surface area contributed by atoms with E-state index in [1.807, 2.05) is 29.2 Å². The molecule has 31 heavy (non-hydrogen) atoms. The molecule has 172 valence electrons. The number of terminal acetylenes is 1. The molecule has 0 aliphatic carbocycles. The van der Waals surface area contributed by atoms with Gasteiger partial charge in [-0.2, -0.15) is 0 Å². The van der Waals surface area contributed by atoms with E-state index in [0.29, 0.717) is 37.9 Å². The molecule has 7 heteroatoms. The summed E-state index contributed by atoms with van der Waals surface area (Å²) in [7, 11) is 0. The van der Waals surface area contributed by atoms with Crippen molar-refractivity contribution in [2.75, 3.05) is 11.5 Å². The maximum Gasteiger partial charge on any atom is 0.129 e. The molecule has 4 rings (SSSR count). The number of phenols is 1. The number of aromatic hydroxyl groups is 1. The lowest BCUT2D eigenvalue weighted by Gasteiger charge is -1.97. The normalized spacial score (nSPS) is 10.1. The van der Waals surface area contributed by atoms with Gasteiger partial charge >= 0.3 is 0 Å². The van der Waals surface area contributed by atoms with Crippen LogP contribution in [0.3, 0.4) is 0 Å². The second kappa shape index (κ2) is 19.7. The molecule has 0 fully saturated rings. The topological polar surface area (TPSA) is 85.2 Å². The molecule has 0 saturated carbocycles. The molecule has 0 amide bonds. The van der Waals surface area contributed by atoms with Crippen molar-refractivity contribution in [1.29, 1.82) is 0 Å². The summed E-state index contributed by atoms with van der Waals surface area (Å²) >= 11 is 2.15. The fraction of sp³-hybridized carbons (Fsp3) is 0.333. The van der Waals surface area contributed by atoms with Crippen molar-refractivity contribution in [3.8, 4) is 18.1 Å². The molecule has 0 bridgehead atoms. The number of benzene rings is 1. The first kappa shape index (κ1) is 30.9. The third-order valence-corrected chi connectivity index (χ3v) is 3.50. The fourth-order valence-corrected chi connectivity index (χ4v) is 2.19. The Morgan fingerprint density at radius 1 is 1.00 bits per heavy atom. The average Bonchev–Trinajstić information content (AvgIpc) is 3.53. The molecule has 0 atom stereocenters. The number of halogens is 1. The summed E-state index contributed by atoms with van der Waals surface area (Å²) in [6.45, 7) is 1.98. The van der Waals surface area contributed by atoms with Crippen LogP contribution in [-0.4, -0.2) is 21.8 Å². The number of hydrogen-bond donors (Lipinski definition) is 2. The number of aliphatic hydroxyl groups excluding tert-OH is 1. The molecule has 3 heterocycles. The average molecular weight is 544 g/mol. The Morgan fingerprint density at radius 2 is 1.65 bits per heavy atom. The summed E-state index contributed by atoms with van der Waals surface area (Å²) in [5.74, 6) is 4.13. The monoisotopic (exact) mass is 544 g/mol. The number of furan rings is 2. The number of rotatable bonds is 4. The predicted molar refractivity (Wildman–Crippen MR) is 132 cm³/mol. The van der Waals surface area contributed by atoms with Crippen molar-refractivity contribution in [1.82, 2.24) is 0 Å². The molecule has 0 unspecified atom stereocenters. The minimum Gasteiger partial charge on any atom is -0.508 e. The van der Waals surface area contributed by atoms with E-state index in [-0.39, 0.29) is 21.5 Å². The Hall–Kier alpha value is -2.25. The van der Waals surface area contributed by atoms with E-state index in [2.05, 4.69) is 28.5 Å². The van der Waals surface area contributed by atoms with Crippen LogP contribution in [0.5, 0.6) is 5.75 Å². The highest BCUT2D eigenvalue weighted by atomic mass is 127. The van der Waals surface area contributed by atoms with Crippen molar-refractivity contribution in [3.05, 3.63) is 77.6 Å². The SMILES string of the molecule is C.C.C#CCOCc1ccco1.CI.OCc1ccco1.Oc1cccc2c1COC2. The summed E-state index contributed by atoms with van der Waals surface area (Å²) in [5.41, 5.74) is 2.06. The molecule has 0 spiro atoms. The number of fused-ring (bicyclic) bond motifs is 1. The van der Waals surface area contributed by atoms with Crippen molar-refractivity contribution in [2.24, 2.45) is 0 Å². The predicted octanol–water partition coefficient (Wildman–Crippen LogP) is 5.95. The molecule has 1 aliphatic rings. The van der Waals surface area contributed by atoms with Crippen LogP contribution in [0.4, 0.5) is 0 Å². The van der Waals surface area contributed by atoms with E-state index in [0.717, 1.165) is 16.9 Å². The zero-order valence-electron chi connectivity index (χ0n) is 16.2. The van der Waals surface area contributed by atoms with E-state index in [1.54, 1.807) is 24.5 Å². The zero-order valence-corrected chi connectivity index (χ0v) is 18.4. The third-order valence-electron chi connectivity index (χ3n) is 3.50. The standard InChI is InChI=1S/2C8H8O2.C5H6O2.CH3I.2CH4/c9-8-3-1-2-6-4-10-5-7(6)8;1-2-5-9-7-8-4-3-6-10-8;6-4-5-2-1-3-7-5;1-2;;/h1-3,9H,4-5H2;1,3-4,6H,5,7H2;1-3,6H,4H2;1H3;2*1H4. The Labute approximate surface area is 199 Å². The molecule has 2 N–H and O–H groups in total. The molecule has 1 aliphatic heterocycles. The molecule has 1 aromatic carbocycles. The van der Waals surface area contributed by atoms with Gasteiger partial charge in [0.15, 0.2) is 0 Å². The number of phenolic OH excluding ortho intramolecular Hbond substituents is 1. The van der Waals surface area contributed by atoms with Crippen LogP contribution in [0.2, 0.25) is 0 Å². The molecule has 3 aromatic rings. The van der Waals surface area contributed by atoms with Crippen LogP contribution in [0.15, 0.2) is 63.8 Å². The maximum atomic E-state index is 9.25. The lowest BCUT2D eigenvalue weighted by atomic mass is 10.1. The minimum absolute atomic E-state index is 0. The summed E-state index contributed by atoms with van der Waals surface area (Å²) in [6, 6.07) is 12.6. The van der Waals surface area contributed by atoms with Crippen molar-refractivity contribution in [3.63, 3.8) is 0 Å². The number of hydrogen-bond acceptors (Lipinski definition) is 6. The first-order chi connectivity index (χ1) is 14.2. The summed E-state index contributed by atoms with van der Waals surface area (Å²) in [4.78, 5) is 1.97. The Bertz CT molecular complexity index is 807. The van der Waals surface area contributed by atoms with Gasteiger partial charge in [-0.3, -0.25) is 0 Å². The van der Waals surface area contributed by atoms with E-state index in [1.165, 1.54) is 6.26 Å². The summed E-state index contributed by atoms with van der Waals surface area (Å²) in [5, 5.41) is 17.6. The number of ether oxygens (including phenoxy) is 2. The second-order valence-electron chi connectivity index (χ2n) is 5.42. The van der Waals surface area contributed by atoms with Gasteiger partial charge in [-0.25, -0.2) is 0 Å². The highest BCUT2D eigenvalue weighted by Gasteiger charge is 2.13. The Balaban J connectivity index is 0. The van der Waals surface area contributed by atoms with Crippen LogP contribution in [0, 0.1) is 12.3 Å². The third kappa shape index (κ3) is 12.3. The van der Waals surface area contributed by atoms with Gasteiger partial charge in [0.2, 0.25) is 0 Å². The van der Waals surface area contributed by atoms with Crippen LogP contribution in [0.25, 0.3) is 0 Å². The maximum absolute atomic E-state index is 9.25.